The van der Waals surface area contributed by atoms with Crippen molar-refractivity contribution in [2.24, 2.45) is 11.8 Å². The second kappa shape index (κ2) is 5.00. The van der Waals surface area contributed by atoms with Crippen molar-refractivity contribution in [3.05, 3.63) is 36.7 Å². The molecule has 1 aromatic heterocycles. The Morgan fingerprint density at radius 2 is 2.09 bits per heavy atom. The Labute approximate surface area is 136 Å². The van der Waals surface area contributed by atoms with Gasteiger partial charge in [-0.05, 0) is 44.4 Å². The Balaban J connectivity index is 1.84. The molecule has 2 saturated heterocycles. The Morgan fingerprint density at radius 1 is 1.26 bits per heavy atom. The third kappa shape index (κ3) is 2.12. The third-order valence-electron chi connectivity index (χ3n) is 5.50. The predicted molar refractivity (Wildman–Crippen MR) is 89.6 cm³/mol. The maximum atomic E-state index is 13.4. The molecule has 0 bridgehead atoms. The number of aromatic nitrogens is 1. The van der Waals surface area contributed by atoms with Crippen LogP contribution in [-0.4, -0.2) is 42.9 Å². The van der Waals surface area contributed by atoms with Gasteiger partial charge in [0.05, 0.1) is 4.90 Å². The molecule has 0 amide bonds. The molecule has 5 nitrogen and oxygen atoms in total. The van der Waals surface area contributed by atoms with E-state index in [1.54, 1.807) is 34.9 Å². The van der Waals surface area contributed by atoms with E-state index in [0.29, 0.717) is 23.3 Å². The van der Waals surface area contributed by atoms with E-state index in [4.69, 9.17) is 0 Å². The Morgan fingerprint density at radius 3 is 2.87 bits per heavy atom. The highest BCUT2D eigenvalue weighted by molar-refractivity contribution is 7.89. The average Bonchev–Trinajstić information content (AvgIpc) is 3.09. The van der Waals surface area contributed by atoms with Crippen LogP contribution in [0.3, 0.4) is 0 Å². The van der Waals surface area contributed by atoms with Gasteiger partial charge in [0.2, 0.25) is 10.0 Å². The number of nitrogens with zero attached hydrogens (tertiary/aromatic N) is 2. The first-order valence-corrected chi connectivity index (χ1v) is 9.42. The third-order valence-corrected chi connectivity index (χ3v) is 7.61. The molecule has 0 spiro atoms. The van der Waals surface area contributed by atoms with Gasteiger partial charge < -0.3 is 5.32 Å². The van der Waals surface area contributed by atoms with Crippen molar-refractivity contribution in [3.63, 3.8) is 0 Å². The highest BCUT2D eigenvalue weighted by Gasteiger charge is 2.54. The molecule has 0 saturated carbocycles. The first kappa shape index (κ1) is 15.1. The predicted octanol–water partition coefficient (Wildman–Crippen LogP) is 1.85. The lowest BCUT2D eigenvalue weighted by molar-refractivity contribution is 0.233. The van der Waals surface area contributed by atoms with Crippen molar-refractivity contribution in [2.75, 3.05) is 19.6 Å². The summed E-state index contributed by atoms with van der Waals surface area (Å²) in [6.07, 6.45) is 3.36. The zero-order chi connectivity index (χ0) is 16.2. The number of pyridine rings is 1. The number of hydrogen-bond donors (Lipinski definition) is 1. The number of nitrogens with one attached hydrogen (secondary N) is 1. The molecule has 3 heterocycles. The molecular formula is C17H21N3O2S. The number of sulfonamides is 1. The highest BCUT2D eigenvalue weighted by atomic mass is 32.2. The molecule has 1 N–H and O–H groups in total. The first-order chi connectivity index (χ1) is 10.9. The molecule has 2 aromatic rings. The summed E-state index contributed by atoms with van der Waals surface area (Å²) in [6.45, 7) is 6.49. The second-order valence-corrected chi connectivity index (χ2v) is 8.90. The number of fused-ring (bicyclic) bond motifs is 2. The molecule has 23 heavy (non-hydrogen) atoms. The summed E-state index contributed by atoms with van der Waals surface area (Å²) in [5.41, 5.74) is -0.373. The summed E-state index contributed by atoms with van der Waals surface area (Å²) < 4.78 is 28.5. The molecule has 4 rings (SSSR count). The van der Waals surface area contributed by atoms with Crippen LogP contribution in [0, 0.1) is 11.8 Å². The number of rotatable bonds is 2. The molecule has 1 aromatic carbocycles. The van der Waals surface area contributed by atoms with E-state index in [0.717, 1.165) is 23.9 Å². The van der Waals surface area contributed by atoms with Crippen LogP contribution in [0.15, 0.2) is 41.6 Å². The molecule has 2 aliphatic heterocycles. The van der Waals surface area contributed by atoms with Gasteiger partial charge in [-0.3, -0.25) is 4.98 Å². The highest BCUT2D eigenvalue weighted by Crippen LogP contribution is 2.44. The van der Waals surface area contributed by atoms with E-state index < -0.39 is 10.0 Å². The van der Waals surface area contributed by atoms with Crippen LogP contribution in [0.4, 0.5) is 0 Å². The van der Waals surface area contributed by atoms with Crippen molar-refractivity contribution in [1.29, 1.82) is 0 Å². The molecule has 2 atom stereocenters. The maximum absolute atomic E-state index is 13.4. The molecule has 2 aliphatic rings. The normalized spacial score (nSPS) is 27.4. The fourth-order valence-corrected chi connectivity index (χ4v) is 6.32. The van der Waals surface area contributed by atoms with Crippen molar-refractivity contribution < 1.29 is 8.42 Å². The van der Waals surface area contributed by atoms with Crippen LogP contribution < -0.4 is 5.32 Å². The Kier molecular flexibility index (Phi) is 3.27. The smallest absolute Gasteiger partial charge is 0.244 e. The van der Waals surface area contributed by atoms with Gasteiger partial charge in [-0.15, -0.1) is 0 Å². The van der Waals surface area contributed by atoms with Crippen molar-refractivity contribution in [2.45, 2.75) is 24.3 Å². The maximum Gasteiger partial charge on any atom is 0.244 e. The van der Waals surface area contributed by atoms with Crippen LogP contribution in [0.25, 0.3) is 10.8 Å². The minimum absolute atomic E-state index is 0.369. The van der Waals surface area contributed by atoms with Crippen molar-refractivity contribution in [3.8, 4) is 0 Å². The second-order valence-electron chi connectivity index (χ2n) is 7.07. The molecule has 122 valence electrons. The van der Waals surface area contributed by atoms with E-state index in [1.807, 2.05) is 6.07 Å². The molecule has 6 heteroatoms. The molecular weight excluding hydrogens is 310 g/mol. The van der Waals surface area contributed by atoms with Crippen LogP contribution in [-0.2, 0) is 10.0 Å². The van der Waals surface area contributed by atoms with Crippen molar-refractivity contribution in [1.82, 2.24) is 14.6 Å². The van der Waals surface area contributed by atoms with Gasteiger partial charge in [-0.1, -0.05) is 12.1 Å². The average molecular weight is 331 g/mol. The van der Waals surface area contributed by atoms with Gasteiger partial charge in [0.15, 0.2) is 0 Å². The van der Waals surface area contributed by atoms with Gasteiger partial charge >= 0.3 is 0 Å². The lowest BCUT2D eigenvalue weighted by Crippen LogP contribution is -2.47. The van der Waals surface area contributed by atoms with Crippen molar-refractivity contribution >= 4 is 20.8 Å². The van der Waals surface area contributed by atoms with Crippen LogP contribution in [0.2, 0.25) is 0 Å². The fourth-order valence-electron chi connectivity index (χ4n) is 4.23. The van der Waals surface area contributed by atoms with E-state index in [9.17, 15) is 8.42 Å². The lowest BCUT2D eigenvalue weighted by atomic mass is 9.85. The summed E-state index contributed by atoms with van der Waals surface area (Å²) in [5, 5.41) is 4.99. The number of benzene rings is 1. The summed E-state index contributed by atoms with van der Waals surface area (Å²) >= 11 is 0. The SMILES string of the molecule is CC1(C)C2CNCC2CN1S(=O)(=O)c1cccc2cnccc12. The molecule has 2 fully saturated rings. The van der Waals surface area contributed by atoms with Crippen LogP contribution in [0.1, 0.15) is 13.8 Å². The zero-order valence-electron chi connectivity index (χ0n) is 13.4. The minimum Gasteiger partial charge on any atom is -0.316 e. The van der Waals surface area contributed by atoms with E-state index >= 15 is 0 Å². The monoisotopic (exact) mass is 331 g/mol. The van der Waals surface area contributed by atoms with Gasteiger partial charge in [0.25, 0.3) is 0 Å². The first-order valence-electron chi connectivity index (χ1n) is 7.98. The Bertz CT molecular complexity index is 858. The van der Waals surface area contributed by atoms with Gasteiger partial charge in [0.1, 0.15) is 0 Å². The largest absolute Gasteiger partial charge is 0.316 e. The number of hydrogen-bond acceptors (Lipinski definition) is 4. The van der Waals surface area contributed by atoms with E-state index in [2.05, 4.69) is 24.1 Å². The Hall–Kier alpha value is -1.50. The molecule has 0 aliphatic carbocycles. The summed E-state index contributed by atoms with van der Waals surface area (Å²) in [7, 11) is -3.54. The van der Waals surface area contributed by atoms with E-state index in [1.165, 1.54) is 0 Å². The summed E-state index contributed by atoms with van der Waals surface area (Å²) in [4.78, 5) is 4.48. The zero-order valence-corrected chi connectivity index (χ0v) is 14.2. The summed E-state index contributed by atoms with van der Waals surface area (Å²) in [6, 6.07) is 7.19. The van der Waals surface area contributed by atoms with Gasteiger partial charge in [-0.2, -0.15) is 4.31 Å². The summed E-state index contributed by atoms with van der Waals surface area (Å²) in [5.74, 6) is 0.769. The van der Waals surface area contributed by atoms with Gasteiger partial charge in [0, 0.05) is 41.8 Å². The minimum atomic E-state index is -3.54. The van der Waals surface area contributed by atoms with Crippen LogP contribution in [0.5, 0.6) is 0 Å². The lowest BCUT2D eigenvalue weighted by Gasteiger charge is -2.34. The topological polar surface area (TPSA) is 62.3 Å². The fraction of sp³-hybridized carbons (Fsp3) is 0.471. The van der Waals surface area contributed by atoms with Crippen LogP contribution >= 0.6 is 0 Å². The van der Waals surface area contributed by atoms with E-state index in [-0.39, 0.29) is 5.54 Å². The molecule has 0 radical (unpaired) electrons. The van der Waals surface area contributed by atoms with Gasteiger partial charge in [-0.25, -0.2) is 8.42 Å². The quantitative estimate of drug-likeness (QED) is 0.912. The standard InChI is InChI=1S/C17H21N3O2S/c1-17(2)15-10-19-9-13(15)11-20(17)23(21,22)16-5-3-4-12-8-18-7-6-14(12)16/h3-8,13,15,19H,9-11H2,1-2H3. The molecule has 2 unspecified atom stereocenters.